The van der Waals surface area contributed by atoms with Crippen molar-refractivity contribution in [2.45, 2.75) is 0 Å². The lowest BCUT2D eigenvalue weighted by atomic mass is 10.3. The van der Waals surface area contributed by atoms with Crippen LogP contribution in [0.5, 0.6) is 17.4 Å². The zero-order valence-electron chi connectivity index (χ0n) is 9.18. The van der Waals surface area contributed by atoms with Crippen LogP contribution in [0.3, 0.4) is 0 Å². The molecule has 0 aliphatic carbocycles. The van der Waals surface area contributed by atoms with Gasteiger partial charge in [-0.2, -0.15) is 0 Å². The number of nitrogen functional groups attached to an aromatic ring is 1. The highest BCUT2D eigenvalue weighted by Crippen LogP contribution is 2.33. The van der Waals surface area contributed by atoms with Crippen LogP contribution in [-0.2, 0) is 0 Å². The molecule has 0 saturated heterocycles. The first-order valence-corrected chi connectivity index (χ1v) is 5.72. The highest BCUT2D eigenvalue weighted by Gasteiger charge is 2.06. The Balaban J connectivity index is 2.22. The van der Waals surface area contributed by atoms with E-state index < -0.39 is 0 Å². The molecule has 1 aromatic heterocycles. The number of rotatable bonds is 3. The van der Waals surface area contributed by atoms with Crippen molar-refractivity contribution >= 4 is 21.6 Å². The van der Waals surface area contributed by atoms with Gasteiger partial charge in [0.05, 0.1) is 17.8 Å². The minimum absolute atomic E-state index is 0.483. The average Bonchev–Trinajstić information content (AvgIpc) is 2.36. The molecular formula is C12H11BrN2O2. The number of hydrogen-bond donors (Lipinski definition) is 1. The van der Waals surface area contributed by atoms with Gasteiger partial charge in [0, 0.05) is 11.8 Å². The largest absolute Gasteiger partial charge is 0.495 e. The molecule has 4 nitrogen and oxygen atoms in total. The maximum Gasteiger partial charge on any atom is 0.219 e. The summed E-state index contributed by atoms with van der Waals surface area (Å²) in [5.41, 5.74) is 6.37. The second kappa shape index (κ2) is 5.05. The predicted molar refractivity (Wildman–Crippen MR) is 69.4 cm³/mol. The Morgan fingerprint density at radius 3 is 2.71 bits per heavy atom. The second-order valence-electron chi connectivity index (χ2n) is 3.30. The summed E-state index contributed by atoms with van der Waals surface area (Å²) in [5, 5.41) is 0. The molecule has 1 heterocycles. The molecule has 0 atom stereocenters. The third-order valence-corrected chi connectivity index (χ3v) is 3.00. The first-order chi connectivity index (χ1) is 8.20. The van der Waals surface area contributed by atoms with Crippen LogP contribution in [0, 0.1) is 0 Å². The lowest BCUT2D eigenvalue weighted by molar-refractivity contribution is 0.407. The number of nitrogens with zero attached hydrogens (tertiary/aromatic N) is 1. The summed E-state index contributed by atoms with van der Waals surface area (Å²) < 4.78 is 11.3. The zero-order chi connectivity index (χ0) is 12.3. The Bertz CT molecular complexity index is 514. The van der Waals surface area contributed by atoms with E-state index >= 15 is 0 Å². The van der Waals surface area contributed by atoms with Crippen LogP contribution in [0.25, 0.3) is 0 Å². The molecule has 0 amide bonds. The van der Waals surface area contributed by atoms with E-state index in [2.05, 4.69) is 20.9 Å². The van der Waals surface area contributed by atoms with Gasteiger partial charge in [0.15, 0.2) is 0 Å². The van der Waals surface area contributed by atoms with Crippen molar-refractivity contribution < 1.29 is 9.47 Å². The second-order valence-corrected chi connectivity index (χ2v) is 4.09. The average molecular weight is 295 g/mol. The Morgan fingerprint density at radius 2 is 2.06 bits per heavy atom. The van der Waals surface area contributed by atoms with Gasteiger partial charge < -0.3 is 15.2 Å². The summed E-state index contributed by atoms with van der Waals surface area (Å²) in [5.74, 6) is 1.80. The summed E-state index contributed by atoms with van der Waals surface area (Å²) in [6.45, 7) is 0. The van der Waals surface area contributed by atoms with Crippen LogP contribution in [0.1, 0.15) is 0 Å². The quantitative estimate of drug-likeness (QED) is 0.883. The van der Waals surface area contributed by atoms with Gasteiger partial charge in [-0.3, -0.25) is 0 Å². The van der Waals surface area contributed by atoms with Crippen molar-refractivity contribution in [3.8, 4) is 17.4 Å². The lowest BCUT2D eigenvalue weighted by Gasteiger charge is -2.08. The van der Waals surface area contributed by atoms with E-state index in [0.717, 1.165) is 4.47 Å². The van der Waals surface area contributed by atoms with Crippen LogP contribution in [-0.4, -0.2) is 12.1 Å². The third kappa shape index (κ3) is 2.68. The molecule has 1 aromatic carbocycles. The van der Waals surface area contributed by atoms with E-state index in [1.54, 1.807) is 31.5 Å². The number of anilines is 1. The molecule has 0 bridgehead atoms. The molecule has 0 aliphatic rings. The molecule has 0 unspecified atom stereocenters. The molecule has 0 fully saturated rings. The molecule has 0 saturated carbocycles. The summed E-state index contributed by atoms with van der Waals surface area (Å²) in [6, 6.07) is 8.93. The van der Waals surface area contributed by atoms with E-state index in [1.165, 1.54) is 0 Å². The van der Waals surface area contributed by atoms with Crippen LogP contribution >= 0.6 is 15.9 Å². The standard InChI is InChI=1S/C12H11BrN2O2/c1-16-8-5-6-11(15-7-8)17-10-4-2-3-9(14)12(10)13/h2-7H,14H2,1H3. The fraction of sp³-hybridized carbons (Fsp3) is 0.0833. The van der Waals surface area contributed by atoms with Gasteiger partial charge >= 0.3 is 0 Å². The Labute approximate surface area is 108 Å². The first-order valence-electron chi connectivity index (χ1n) is 4.92. The number of pyridine rings is 1. The molecule has 2 N–H and O–H groups in total. The van der Waals surface area contributed by atoms with Crippen molar-refractivity contribution in [1.82, 2.24) is 4.98 Å². The smallest absolute Gasteiger partial charge is 0.219 e. The number of methoxy groups -OCH3 is 1. The Kier molecular flexibility index (Phi) is 3.49. The summed E-state index contributed by atoms with van der Waals surface area (Å²) in [6.07, 6.45) is 1.59. The van der Waals surface area contributed by atoms with Crippen LogP contribution < -0.4 is 15.2 Å². The summed E-state index contributed by atoms with van der Waals surface area (Å²) in [4.78, 5) is 4.11. The maximum atomic E-state index is 5.75. The van der Waals surface area contributed by atoms with Crippen molar-refractivity contribution in [2.75, 3.05) is 12.8 Å². The van der Waals surface area contributed by atoms with E-state index in [1.807, 2.05) is 12.1 Å². The van der Waals surface area contributed by atoms with Crippen LogP contribution in [0.2, 0.25) is 0 Å². The molecule has 0 spiro atoms. The number of benzene rings is 1. The highest BCUT2D eigenvalue weighted by atomic mass is 79.9. The van der Waals surface area contributed by atoms with Crippen LogP contribution in [0.15, 0.2) is 41.0 Å². The van der Waals surface area contributed by atoms with Gasteiger partial charge in [-0.1, -0.05) is 6.07 Å². The summed E-state index contributed by atoms with van der Waals surface area (Å²) in [7, 11) is 1.59. The first kappa shape index (κ1) is 11.7. The lowest BCUT2D eigenvalue weighted by Crippen LogP contribution is -1.92. The molecule has 17 heavy (non-hydrogen) atoms. The molecular weight excluding hydrogens is 284 g/mol. The fourth-order valence-electron chi connectivity index (χ4n) is 1.27. The van der Waals surface area contributed by atoms with Crippen LogP contribution in [0.4, 0.5) is 5.69 Å². The van der Waals surface area contributed by atoms with Gasteiger partial charge in [-0.15, -0.1) is 0 Å². The molecule has 0 radical (unpaired) electrons. The minimum atomic E-state index is 0.483. The van der Waals surface area contributed by atoms with Crippen molar-refractivity contribution in [2.24, 2.45) is 0 Å². The molecule has 5 heteroatoms. The molecule has 0 aliphatic heterocycles. The van der Waals surface area contributed by atoms with Gasteiger partial charge in [0.1, 0.15) is 11.5 Å². The Morgan fingerprint density at radius 1 is 1.24 bits per heavy atom. The third-order valence-electron chi connectivity index (χ3n) is 2.15. The van der Waals surface area contributed by atoms with E-state index in [0.29, 0.717) is 23.1 Å². The molecule has 2 rings (SSSR count). The monoisotopic (exact) mass is 294 g/mol. The number of ether oxygens (including phenoxy) is 2. The van der Waals surface area contributed by atoms with E-state index in [4.69, 9.17) is 15.2 Å². The number of halogens is 1. The summed E-state index contributed by atoms with van der Waals surface area (Å²) >= 11 is 3.36. The van der Waals surface area contributed by atoms with Gasteiger partial charge in [0.2, 0.25) is 5.88 Å². The number of hydrogen-bond acceptors (Lipinski definition) is 4. The molecule has 88 valence electrons. The van der Waals surface area contributed by atoms with Gasteiger partial charge in [-0.25, -0.2) is 4.98 Å². The number of nitrogens with two attached hydrogens (primary N) is 1. The molecule has 2 aromatic rings. The topological polar surface area (TPSA) is 57.4 Å². The SMILES string of the molecule is COc1ccc(Oc2cccc(N)c2Br)nc1. The predicted octanol–water partition coefficient (Wildman–Crippen LogP) is 3.23. The van der Waals surface area contributed by atoms with Gasteiger partial charge in [0.25, 0.3) is 0 Å². The maximum absolute atomic E-state index is 5.75. The van der Waals surface area contributed by atoms with E-state index in [9.17, 15) is 0 Å². The van der Waals surface area contributed by atoms with Crippen molar-refractivity contribution in [3.05, 3.63) is 41.0 Å². The van der Waals surface area contributed by atoms with Gasteiger partial charge in [-0.05, 0) is 34.1 Å². The highest BCUT2D eigenvalue weighted by molar-refractivity contribution is 9.10. The van der Waals surface area contributed by atoms with Crippen molar-refractivity contribution in [1.29, 1.82) is 0 Å². The fourth-order valence-corrected chi connectivity index (χ4v) is 1.61. The zero-order valence-corrected chi connectivity index (χ0v) is 10.8. The van der Waals surface area contributed by atoms with Crippen molar-refractivity contribution in [3.63, 3.8) is 0 Å². The normalized spacial score (nSPS) is 10.0. The Hall–Kier alpha value is -1.75. The number of aromatic nitrogens is 1. The van der Waals surface area contributed by atoms with E-state index in [-0.39, 0.29) is 0 Å². The minimum Gasteiger partial charge on any atom is -0.495 e.